The SMILES string of the molecule is COc1cccc(Oc2cc3c4c(cc(Oc5cccc(OC)c5)c5c6c(Oc7cccc(OC)c7)cc7c8c(cc(Oc9cccc(OC)c9)c(c2c45)c86)C(=O)N(C(C(=O)Nc2cc(C)cc(Cl)c2)C(F)(F)F)C7=O)C(=O)N(C(C(=O)Nc2cc(C)cc(Cl)c2)C(F)(F)F)C3=O)c1. The molecule has 2 aliphatic heterocycles. The van der Waals surface area contributed by atoms with Gasteiger partial charge in [0.15, 0.2) is 0 Å². The first kappa shape index (κ1) is 65.2. The molecule has 2 unspecified atom stereocenters. The summed E-state index contributed by atoms with van der Waals surface area (Å²) in [5.41, 5.74) is -2.25. The number of ether oxygens (including phenoxy) is 8. The summed E-state index contributed by atoms with van der Waals surface area (Å²) in [6.45, 7) is 3.12. The molecule has 0 fully saturated rings. The predicted molar refractivity (Wildman–Crippen MR) is 350 cm³/mol. The Morgan fingerprint density at radius 1 is 0.367 bits per heavy atom. The third kappa shape index (κ3) is 11.7. The molecule has 2 atom stereocenters. The Balaban J connectivity index is 1.21. The zero-order chi connectivity index (χ0) is 69.5. The normalized spacial score (nSPS) is 13.7. The van der Waals surface area contributed by atoms with Gasteiger partial charge in [0.05, 0.1) is 50.7 Å². The second-order valence-electron chi connectivity index (χ2n) is 22.7. The van der Waals surface area contributed by atoms with Crippen molar-refractivity contribution in [3.63, 3.8) is 0 Å². The van der Waals surface area contributed by atoms with Crippen molar-refractivity contribution in [2.45, 2.75) is 38.3 Å². The third-order valence-electron chi connectivity index (χ3n) is 16.3. The maximum Gasteiger partial charge on any atom is 0.418 e. The average molecular weight is 1380 g/mol. The van der Waals surface area contributed by atoms with Crippen molar-refractivity contribution >= 4 is 113 Å². The van der Waals surface area contributed by atoms with Gasteiger partial charge < -0.3 is 48.5 Å². The van der Waals surface area contributed by atoms with E-state index in [0.717, 1.165) is 36.4 Å². The minimum atomic E-state index is -5.69. The summed E-state index contributed by atoms with van der Waals surface area (Å²) < 4.78 is 146. The molecule has 98 heavy (non-hydrogen) atoms. The van der Waals surface area contributed by atoms with Crippen molar-refractivity contribution in [3.8, 4) is 69.0 Å². The number of alkyl halides is 6. The number of hydrogen-bond donors (Lipinski definition) is 2. The van der Waals surface area contributed by atoms with Gasteiger partial charge in [0.2, 0.25) is 12.1 Å². The summed E-state index contributed by atoms with van der Waals surface area (Å²) in [6, 6.07) is 28.6. The summed E-state index contributed by atoms with van der Waals surface area (Å²) in [5.74, 6) is -11.6. The first-order chi connectivity index (χ1) is 46.7. The van der Waals surface area contributed by atoms with Gasteiger partial charge >= 0.3 is 12.4 Å². The molecule has 496 valence electrons. The quantitative estimate of drug-likeness (QED) is 0.0355. The number of fused-ring (bicyclic) bond motifs is 2. The van der Waals surface area contributed by atoms with Crippen LogP contribution in [0.25, 0.3) is 43.1 Å². The molecule has 0 saturated heterocycles. The number of halogens is 8. The van der Waals surface area contributed by atoms with Gasteiger partial charge in [-0.1, -0.05) is 47.5 Å². The molecule has 13 rings (SSSR count). The zero-order valence-electron chi connectivity index (χ0n) is 51.8. The second kappa shape index (κ2) is 24.9. The van der Waals surface area contributed by atoms with Gasteiger partial charge in [-0.15, -0.1) is 0 Å². The van der Waals surface area contributed by atoms with Crippen LogP contribution in [-0.4, -0.2) is 98.1 Å². The highest BCUT2D eigenvalue weighted by atomic mass is 35.5. The standard InChI is InChI=1S/C72H48Cl2F6N4O14/c1-33-19-35(73)23-37(21-33)81-65(85)63(71(75,76)77)83-67(87)47-29-51(95-43-15-7-11-39(25-43)91-3)57-59-53(97-45-17-9-13-41(27-45)93-5)31-49-56-50(70(90)84(69(49)89)64(72(78,79)80)66(86)82-38-22-34(2)20-36(74)24-38)32-54(98-46-18-10-14-42(28-46)94-6)60(62(56)59)58-52(30-48(68(83)88)55(47)61(57)58)96-44-16-8-12-40(26-44)92-4/h7-32,63-64H,1-6H3,(H,81,85)(H,82,86). The number of hydrogen-bond acceptors (Lipinski definition) is 14. The lowest BCUT2D eigenvalue weighted by Gasteiger charge is -2.36. The van der Waals surface area contributed by atoms with Crippen LogP contribution in [0.2, 0.25) is 10.0 Å². The molecule has 0 aliphatic carbocycles. The van der Waals surface area contributed by atoms with Gasteiger partial charge in [-0.05, 0) is 134 Å². The van der Waals surface area contributed by atoms with Gasteiger partial charge in [0, 0.05) is 88.8 Å². The van der Waals surface area contributed by atoms with E-state index in [1.165, 1.54) is 126 Å². The highest BCUT2D eigenvalue weighted by Gasteiger charge is 2.57. The van der Waals surface area contributed by atoms with Crippen LogP contribution in [-0.2, 0) is 9.59 Å². The molecule has 0 radical (unpaired) electrons. The fourth-order valence-electron chi connectivity index (χ4n) is 12.4. The van der Waals surface area contributed by atoms with Crippen LogP contribution in [0.3, 0.4) is 0 Å². The molecule has 18 nitrogen and oxygen atoms in total. The Kier molecular flexibility index (Phi) is 16.6. The van der Waals surface area contributed by atoms with E-state index in [2.05, 4.69) is 10.6 Å². The van der Waals surface area contributed by atoms with E-state index in [0.29, 0.717) is 11.1 Å². The molecule has 11 aromatic carbocycles. The molecule has 0 saturated carbocycles. The molecule has 6 amide bonds. The minimum absolute atomic E-state index is 0.0334. The fourth-order valence-corrected chi connectivity index (χ4v) is 12.9. The van der Waals surface area contributed by atoms with Gasteiger partial charge in [-0.2, -0.15) is 26.3 Å². The third-order valence-corrected chi connectivity index (χ3v) is 16.7. The van der Waals surface area contributed by atoms with E-state index in [1.54, 1.807) is 38.1 Å². The first-order valence-electron chi connectivity index (χ1n) is 29.4. The number of amides is 6. The number of imide groups is 2. The number of methoxy groups -OCH3 is 4. The van der Waals surface area contributed by atoms with Crippen LogP contribution >= 0.6 is 23.2 Å². The van der Waals surface area contributed by atoms with Gasteiger partial charge in [0.25, 0.3) is 35.4 Å². The molecule has 0 bridgehead atoms. The molecular weight excluding hydrogens is 1330 g/mol. The predicted octanol–water partition coefficient (Wildman–Crippen LogP) is 17.2. The second-order valence-corrected chi connectivity index (χ2v) is 23.5. The van der Waals surface area contributed by atoms with Crippen molar-refractivity contribution < 1.29 is 93.0 Å². The summed E-state index contributed by atoms with van der Waals surface area (Å²) in [5, 5.41) is 2.36. The van der Waals surface area contributed by atoms with Crippen molar-refractivity contribution in [2.24, 2.45) is 0 Å². The van der Waals surface area contributed by atoms with Crippen LogP contribution in [0.5, 0.6) is 69.0 Å². The summed E-state index contributed by atoms with van der Waals surface area (Å²) in [7, 11) is 5.40. The maximum absolute atomic E-state index is 16.1. The van der Waals surface area contributed by atoms with Gasteiger partial charge in [-0.3, -0.25) is 38.6 Å². The Labute approximate surface area is 560 Å². The molecule has 26 heteroatoms. The number of benzene rings is 11. The van der Waals surface area contributed by atoms with Crippen LogP contribution < -0.4 is 48.5 Å². The van der Waals surface area contributed by atoms with Crippen LogP contribution in [0.15, 0.2) is 158 Å². The van der Waals surface area contributed by atoms with Crippen molar-refractivity contribution in [1.82, 2.24) is 9.80 Å². The molecule has 0 aromatic heterocycles. The van der Waals surface area contributed by atoms with Gasteiger partial charge in [-0.25, -0.2) is 0 Å². The molecule has 2 aliphatic rings. The Hall–Kier alpha value is -11.5. The summed E-state index contributed by atoms with van der Waals surface area (Å²) in [6.07, 6.45) is -11.4. The lowest BCUT2D eigenvalue weighted by Crippen LogP contribution is -2.58. The van der Waals surface area contributed by atoms with E-state index in [4.69, 9.17) is 61.1 Å². The fraction of sp³-hybridized carbons (Fsp3) is 0.139. The minimum Gasteiger partial charge on any atom is -0.497 e. The molecule has 2 heterocycles. The largest absolute Gasteiger partial charge is 0.497 e. The van der Waals surface area contributed by atoms with E-state index >= 15 is 45.5 Å². The number of nitrogens with one attached hydrogen (secondary N) is 2. The van der Waals surface area contributed by atoms with E-state index in [-0.39, 0.29) is 120 Å². The highest BCUT2D eigenvalue weighted by molar-refractivity contribution is 6.45. The van der Waals surface area contributed by atoms with E-state index in [1.807, 2.05) is 0 Å². The van der Waals surface area contributed by atoms with E-state index in [9.17, 15) is 9.59 Å². The van der Waals surface area contributed by atoms with Crippen LogP contribution in [0.1, 0.15) is 52.6 Å². The van der Waals surface area contributed by atoms with Crippen molar-refractivity contribution in [2.75, 3.05) is 39.1 Å². The lowest BCUT2D eigenvalue weighted by atomic mass is 9.80. The Morgan fingerprint density at radius 3 is 0.857 bits per heavy atom. The number of carbonyl (C=O) groups is 6. The highest BCUT2D eigenvalue weighted by Crippen LogP contribution is 2.59. The van der Waals surface area contributed by atoms with Crippen LogP contribution in [0, 0.1) is 13.8 Å². The Morgan fingerprint density at radius 2 is 0.622 bits per heavy atom. The van der Waals surface area contributed by atoms with Crippen molar-refractivity contribution in [3.05, 3.63) is 201 Å². The summed E-state index contributed by atoms with van der Waals surface area (Å²) in [4.78, 5) is 91.5. The first-order valence-corrected chi connectivity index (χ1v) is 30.2. The number of aryl methyl sites for hydroxylation is 2. The van der Waals surface area contributed by atoms with Gasteiger partial charge in [0.1, 0.15) is 69.0 Å². The Bertz CT molecular complexity index is 4630. The smallest absolute Gasteiger partial charge is 0.418 e. The number of rotatable bonds is 18. The molecular formula is C72H48Cl2F6N4O14. The summed E-state index contributed by atoms with van der Waals surface area (Å²) >= 11 is 12.5. The topological polar surface area (TPSA) is 207 Å². The van der Waals surface area contributed by atoms with Crippen LogP contribution in [0.4, 0.5) is 37.7 Å². The monoisotopic (exact) mass is 1380 g/mol. The molecule has 11 aromatic rings. The molecule has 2 N–H and O–H groups in total. The number of nitrogens with zero attached hydrogens (tertiary/aromatic N) is 2. The molecule has 0 spiro atoms. The lowest BCUT2D eigenvalue weighted by molar-refractivity contribution is -0.178. The number of anilines is 2. The number of carbonyl (C=O) groups excluding carboxylic acids is 6. The average Bonchev–Trinajstić information content (AvgIpc) is 0.671. The van der Waals surface area contributed by atoms with E-state index < -0.39 is 105 Å². The zero-order valence-corrected chi connectivity index (χ0v) is 53.3. The maximum atomic E-state index is 16.1. The van der Waals surface area contributed by atoms with Crippen molar-refractivity contribution in [1.29, 1.82) is 0 Å².